The van der Waals surface area contributed by atoms with Crippen molar-refractivity contribution >= 4 is 45.9 Å². The Hall–Kier alpha value is -1.92. The van der Waals surface area contributed by atoms with Gasteiger partial charge >= 0.3 is 0 Å². The second-order valence-electron chi connectivity index (χ2n) is 5.28. The minimum absolute atomic E-state index is 0.106. The zero-order chi connectivity index (χ0) is 17.7. The fourth-order valence-corrected chi connectivity index (χ4v) is 2.75. The molecule has 8 heteroatoms. The van der Waals surface area contributed by atoms with E-state index < -0.39 is 0 Å². The Morgan fingerprint density at radius 2 is 1.75 bits per heavy atom. The van der Waals surface area contributed by atoms with Gasteiger partial charge in [0.1, 0.15) is 17.5 Å². The van der Waals surface area contributed by atoms with E-state index >= 15 is 0 Å². The Kier molecular flexibility index (Phi) is 6.34. The van der Waals surface area contributed by atoms with Crippen LogP contribution in [0, 0.1) is 6.92 Å². The highest BCUT2D eigenvalue weighted by Gasteiger charge is 2.17. The summed E-state index contributed by atoms with van der Waals surface area (Å²) in [6.45, 7) is 2.50. The molecule has 6 nitrogen and oxygen atoms in total. The van der Waals surface area contributed by atoms with Crippen molar-refractivity contribution in [1.29, 1.82) is 0 Å². The summed E-state index contributed by atoms with van der Waals surface area (Å²) in [4.78, 5) is 26.2. The Labute approximate surface area is 149 Å². The molecule has 1 aromatic carbocycles. The van der Waals surface area contributed by atoms with Crippen LogP contribution in [0.25, 0.3) is 10.9 Å². The Morgan fingerprint density at radius 3 is 2.33 bits per heavy atom. The third-order valence-corrected chi connectivity index (χ3v) is 4.06. The first-order valence-electron chi connectivity index (χ1n) is 7.33. The Balaban J connectivity index is 2.45. The van der Waals surface area contributed by atoms with Crippen LogP contribution in [0.1, 0.15) is 16.8 Å². The predicted molar refractivity (Wildman–Crippen MR) is 94.7 cm³/mol. The van der Waals surface area contributed by atoms with Gasteiger partial charge in [-0.1, -0.05) is 0 Å². The maximum atomic E-state index is 11.5. The number of H-pyrrole nitrogens is 1. The molecule has 0 bridgehead atoms. The number of rotatable bonds is 7. The second-order valence-corrected chi connectivity index (χ2v) is 5.82. The van der Waals surface area contributed by atoms with Gasteiger partial charge in [0.15, 0.2) is 0 Å². The SMILES string of the molecule is COc1c(CNC(=O)CCl)cc2[nH]c(C)cc2c1CNC(=O)CCl. The fraction of sp³-hybridized carbons (Fsp3) is 0.375. The first-order valence-corrected chi connectivity index (χ1v) is 8.40. The molecule has 0 radical (unpaired) electrons. The number of nitrogens with one attached hydrogen (secondary N) is 3. The fourth-order valence-electron chi connectivity index (χ4n) is 2.57. The number of aromatic amines is 1. The van der Waals surface area contributed by atoms with Crippen molar-refractivity contribution in [2.24, 2.45) is 0 Å². The van der Waals surface area contributed by atoms with E-state index in [1.54, 1.807) is 7.11 Å². The smallest absolute Gasteiger partial charge is 0.235 e. The van der Waals surface area contributed by atoms with Crippen molar-refractivity contribution in [2.75, 3.05) is 18.9 Å². The molecule has 0 saturated heterocycles. The van der Waals surface area contributed by atoms with Crippen molar-refractivity contribution in [1.82, 2.24) is 15.6 Å². The molecule has 2 aromatic rings. The minimum Gasteiger partial charge on any atom is -0.496 e. The highest BCUT2D eigenvalue weighted by atomic mass is 35.5. The van der Waals surface area contributed by atoms with E-state index in [-0.39, 0.29) is 36.7 Å². The number of halogens is 2. The normalized spacial score (nSPS) is 10.7. The summed E-state index contributed by atoms with van der Waals surface area (Å²) >= 11 is 11.0. The molecule has 0 fully saturated rings. The lowest BCUT2D eigenvalue weighted by Gasteiger charge is -2.16. The van der Waals surface area contributed by atoms with Crippen LogP contribution in [-0.2, 0) is 22.7 Å². The predicted octanol–water partition coefficient (Wildman–Crippen LogP) is 2.19. The van der Waals surface area contributed by atoms with Gasteiger partial charge in [-0.2, -0.15) is 0 Å². The van der Waals surface area contributed by atoms with Crippen LogP contribution in [-0.4, -0.2) is 35.7 Å². The molecule has 0 aliphatic rings. The van der Waals surface area contributed by atoms with Crippen molar-refractivity contribution < 1.29 is 14.3 Å². The lowest BCUT2D eigenvalue weighted by molar-refractivity contribution is -0.119. The van der Waals surface area contributed by atoms with Crippen LogP contribution in [0.2, 0.25) is 0 Å². The maximum absolute atomic E-state index is 11.5. The van der Waals surface area contributed by atoms with E-state index in [1.807, 2.05) is 19.1 Å². The summed E-state index contributed by atoms with van der Waals surface area (Å²) in [5.74, 6) is -0.127. The third kappa shape index (κ3) is 4.13. The molecule has 2 amide bonds. The van der Waals surface area contributed by atoms with Crippen molar-refractivity contribution in [3.63, 3.8) is 0 Å². The number of aromatic nitrogens is 1. The number of benzene rings is 1. The number of hydrogen-bond acceptors (Lipinski definition) is 3. The van der Waals surface area contributed by atoms with Gasteiger partial charge in [0.2, 0.25) is 11.8 Å². The quantitative estimate of drug-likeness (QED) is 0.652. The van der Waals surface area contributed by atoms with Crippen LogP contribution in [0.5, 0.6) is 5.75 Å². The van der Waals surface area contributed by atoms with Crippen LogP contribution in [0.15, 0.2) is 12.1 Å². The van der Waals surface area contributed by atoms with Gasteiger partial charge in [-0.25, -0.2) is 0 Å². The molecule has 1 aromatic heterocycles. The standard InChI is InChI=1S/C16H19Cl2N3O3/c1-9-3-11-12(8-20-15(23)6-18)16(24-2)10(4-13(11)21-9)7-19-14(22)5-17/h3-4,21H,5-8H2,1-2H3,(H,19,22)(H,20,23). The Bertz CT molecular complexity index is 759. The maximum Gasteiger partial charge on any atom is 0.235 e. The van der Waals surface area contributed by atoms with E-state index in [0.717, 1.165) is 27.7 Å². The lowest BCUT2D eigenvalue weighted by Crippen LogP contribution is -2.25. The highest BCUT2D eigenvalue weighted by Crippen LogP contribution is 2.32. The van der Waals surface area contributed by atoms with E-state index in [1.165, 1.54) is 0 Å². The van der Waals surface area contributed by atoms with Crippen molar-refractivity contribution in [3.8, 4) is 5.75 Å². The summed E-state index contributed by atoms with van der Waals surface area (Å²) in [6, 6.07) is 3.91. The van der Waals surface area contributed by atoms with Crippen molar-refractivity contribution in [3.05, 3.63) is 29.0 Å². The topological polar surface area (TPSA) is 83.2 Å². The third-order valence-electron chi connectivity index (χ3n) is 3.58. The molecule has 0 spiro atoms. The number of fused-ring (bicyclic) bond motifs is 1. The van der Waals surface area contributed by atoms with Gasteiger partial charge in [0, 0.05) is 40.8 Å². The Morgan fingerprint density at radius 1 is 1.12 bits per heavy atom. The molecule has 0 saturated carbocycles. The molecule has 130 valence electrons. The summed E-state index contributed by atoms with van der Waals surface area (Å²) < 4.78 is 5.54. The number of hydrogen-bond donors (Lipinski definition) is 3. The lowest BCUT2D eigenvalue weighted by atomic mass is 10.0. The average molecular weight is 372 g/mol. The summed E-state index contributed by atoms with van der Waals surface area (Å²) in [6.07, 6.45) is 0. The van der Waals surface area contributed by atoms with Crippen molar-refractivity contribution in [2.45, 2.75) is 20.0 Å². The first-order chi connectivity index (χ1) is 11.5. The van der Waals surface area contributed by atoms with Gasteiger partial charge in [-0.05, 0) is 19.1 Å². The van der Waals surface area contributed by atoms with Crippen LogP contribution in [0.4, 0.5) is 0 Å². The number of carbonyl (C=O) groups is 2. The number of aryl methyl sites for hydroxylation is 1. The molecular weight excluding hydrogens is 353 g/mol. The number of alkyl halides is 2. The minimum atomic E-state index is -0.265. The first kappa shape index (κ1) is 18.4. The molecule has 0 atom stereocenters. The van der Waals surface area contributed by atoms with Gasteiger partial charge in [-0.15, -0.1) is 23.2 Å². The van der Waals surface area contributed by atoms with Crippen LogP contribution < -0.4 is 15.4 Å². The zero-order valence-corrected chi connectivity index (χ0v) is 15.0. The summed E-state index contributed by atoms with van der Waals surface area (Å²) in [5.41, 5.74) is 3.51. The number of carbonyl (C=O) groups excluding carboxylic acids is 2. The molecule has 0 aliphatic heterocycles. The van der Waals surface area contributed by atoms with Crippen LogP contribution in [0.3, 0.4) is 0 Å². The monoisotopic (exact) mass is 371 g/mol. The largest absolute Gasteiger partial charge is 0.496 e. The summed E-state index contributed by atoms with van der Waals surface area (Å²) in [7, 11) is 1.56. The summed E-state index contributed by atoms with van der Waals surface area (Å²) in [5, 5.41) is 6.43. The van der Waals surface area contributed by atoms with Gasteiger partial charge in [0.25, 0.3) is 0 Å². The molecule has 3 N–H and O–H groups in total. The molecule has 24 heavy (non-hydrogen) atoms. The van der Waals surface area contributed by atoms with Gasteiger partial charge < -0.3 is 20.4 Å². The van der Waals surface area contributed by atoms with Gasteiger partial charge in [-0.3, -0.25) is 9.59 Å². The van der Waals surface area contributed by atoms with E-state index in [0.29, 0.717) is 5.75 Å². The van der Waals surface area contributed by atoms with E-state index in [4.69, 9.17) is 27.9 Å². The number of methoxy groups -OCH3 is 1. The van der Waals surface area contributed by atoms with Crippen LogP contribution >= 0.6 is 23.2 Å². The average Bonchev–Trinajstić information content (AvgIpc) is 2.96. The second kappa shape index (κ2) is 8.26. The highest BCUT2D eigenvalue weighted by molar-refractivity contribution is 6.27. The molecular formula is C16H19Cl2N3O3. The molecule has 0 aliphatic carbocycles. The number of ether oxygens (including phenoxy) is 1. The molecule has 2 rings (SSSR count). The zero-order valence-electron chi connectivity index (χ0n) is 13.5. The number of amides is 2. The van der Waals surface area contributed by atoms with E-state index in [9.17, 15) is 9.59 Å². The molecule has 0 unspecified atom stereocenters. The van der Waals surface area contributed by atoms with Gasteiger partial charge in [0.05, 0.1) is 7.11 Å². The molecule has 1 heterocycles. The van der Waals surface area contributed by atoms with E-state index in [2.05, 4.69) is 15.6 Å².